The minimum atomic E-state index is -0.755. The van der Waals surface area contributed by atoms with Gasteiger partial charge in [0.05, 0.1) is 0 Å². The maximum atomic E-state index is 13.4. The zero-order valence-corrected chi connectivity index (χ0v) is 24.4. The lowest BCUT2D eigenvalue weighted by molar-refractivity contribution is -0.133. The average molecular weight is 552 g/mol. The van der Waals surface area contributed by atoms with Gasteiger partial charge >= 0.3 is 0 Å². The quantitative estimate of drug-likeness (QED) is 0.328. The van der Waals surface area contributed by atoms with Gasteiger partial charge in [0.2, 0.25) is 17.8 Å². The number of nitrogens with one attached hydrogen (secondary N) is 3. The average Bonchev–Trinajstić information content (AvgIpc) is 2.96. The van der Waals surface area contributed by atoms with Crippen LogP contribution in [0.25, 0.3) is 0 Å². The summed E-state index contributed by atoms with van der Waals surface area (Å²) in [7, 11) is 3.89. The molecule has 1 aromatic heterocycles. The molecule has 0 bridgehead atoms. The first kappa shape index (κ1) is 30.8. The van der Waals surface area contributed by atoms with Crippen LogP contribution in [0, 0.1) is 0 Å². The molecule has 3 rings (SSSR count). The van der Waals surface area contributed by atoms with Gasteiger partial charge in [0.1, 0.15) is 11.9 Å². The highest BCUT2D eigenvalue weighted by Gasteiger charge is 2.28. The maximum absolute atomic E-state index is 13.4. The molecule has 2 aromatic rings. The molecule has 0 radical (unpaired) electrons. The third kappa shape index (κ3) is 9.50. The molecule has 0 spiro atoms. The number of nitrogens with zero attached hydrogens (tertiary/aromatic N) is 4. The second-order valence-corrected chi connectivity index (χ2v) is 10.6. The van der Waals surface area contributed by atoms with E-state index < -0.39 is 6.04 Å². The van der Waals surface area contributed by atoms with E-state index in [1.807, 2.05) is 45.0 Å². The van der Waals surface area contributed by atoms with Crippen molar-refractivity contribution in [2.45, 2.75) is 83.3 Å². The molecule has 40 heavy (non-hydrogen) atoms. The van der Waals surface area contributed by atoms with Crippen molar-refractivity contribution in [1.82, 2.24) is 25.5 Å². The molecule has 1 saturated carbocycles. The third-order valence-electron chi connectivity index (χ3n) is 7.12. The number of rotatable bonds is 14. The first-order valence-electron chi connectivity index (χ1n) is 14.5. The highest BCUT2D eigenvalue weighted by atomic mass is 16.2. The van der Waals surface area contributed by atoms with Crippen LogP contribution in [0.15, 0.2) is 42.6 Å². The summed E-state index contributed by atoms with van der Waals surface area (Å²) >= 11 is 0. The number of carbonyl (C=O) groups excluding carboxylic acids is 3. The highest BCUT2D eigenvalue weighted by Crippen LogP contribution is 2.22. The first-order valence-corrected chi connectivity index (χ1v) is 14.5. The molecular weight excluding hydrogens is 506 g/mol. The summed E-state index contributed by atoms with van der Waals surface area (Å²) in [4.78, 5) is 51.8. The number of amides is 3. The number of carbonyl (C=O) groups is 3. The SMILES string of the molecule is CCCN(CCC)C(=O)[C@H](CCC(=O)NC1CCC(Nc2nccc(N(C)C)n2)CC1)NC(=O)c1ccccc1. The van der Waals surface area contributed by atoms with Crippen molar-refractivity contribution in [3.05, 3.63) is 48.2 Å². The Labute approximate surface area is 238 Å². The number of benzene rings is 1. The third-order valence-corrected chi connectivity index (χ3v) is 7.12. The summed E-state index contributed by atoms with van der Waals surface area (Å²) in [5, 5.41) is 9.46. The Hall–Kier alpha value is -3.69. The zero-order valence-electron chi connectivity index (χ0n) is 24.4. The van der Waals surface area contributed by atoms with E-state index in [2.05, 4.69) is 25.9 Å². The van der Waals surface area contributed by atoms with Gasteiger partial charge in [-0.15, -0.1) is 0 Å². The monoisotopic (exact) mass is 551 g/mol. The number of aromatic nitrogens is 2. The van der Waals surface area contributed by atoms with Crippen LogP contribution in [0.1, 0.15) is 75.6 Å². The van der Waals surface area contributed by atoms with Gasteiger partial charge in [-0.1, -0.05) is 32.0 Å². The lowest BCUT2D eigenvalue weighted by atomic mass is 9.91. The van der Waals surface area contributed by atoms with Crippen LogP contribution in [0.3, 0.4) is 0 Å². The van der Waals surface area contributed by atoms with E-state index in [0.717, 1.165) is 44.3 Å². The van der Waals surface area contributed by atoms with E-state index >= 15 is 0 Å². The molecule has 218 valence electrons. The van der Waals surface area contributed by atoms with Crippen molar-refractivity contribution in [2.24, 2.45) is 0 Å². The van der Waals surface area contributed by atoms with Gasteiger partial charge < -0.3 is 25.8 Å². The summed E-state index contributed by atoms with van der Waals surface area (Å²) in [6.07, 6.45) is 7.34. The Balaban J connectivity index is 1.52. The summed E-state index contributed by atoms with van der Waals surface area (Å²) < 4.78 is 0. The molecule has 0 aliphatic heterocycles. The molecule has 1 aliphatic rings. The number of anilines is 2. The van der Waals surface area contributed by atoms with E-state index in [1.165, 1.54) is 0 Å². The minimum Gasteiger partial charge on any atom is -0.363 e. The Morgan fingerprint density at radius 1 is 0.950 bits per heavy atom. The molecule has 0 saturated heterocycles. The highest BCUT2D eigenvalue weighted by molar-refractivity contribution is 5.97. The van der Waals surface area contributed by atoms with Crippen LogP contribution < -0.4 is 20.9 Å². The summed E-state index contributed by atoms with van der Waals surface area (Å²) in [5.41, 5.74) is 0.492. The van der Waals surface area contributed by atoms with Gasteiger partial charge in [0.15, 0.2) is 0 Å². The second-order valence-electron chi connectivity index (χ2n) is 10.6. The minimum absolute atomic E-state index is 0.0873. The van der Waals surface area contributed by atoms with Crippen LogP contribution in [0.2, 0.25) is 0 Å². The van der Waals surface area contributed by atoms with Crippen molar-refractivity contribution in [1.29, 1.82) is 0 Å². The molecule has 1 aliphatic carbocycles. The molecule has 1 heterocycles. The predicted octanol–water partition coefficient (Wildman–Crippen LogP) is 3.61. The lowest BCUT2D eigenvalue weighted by Gasteiger charge is -2.30. The van der Waals surface area contributed by atoms with Gasteiger partial charge in [0.25, 0.3) is 5.91 Å². The fraction of sp³-hybridized carbons (Fsp3) is 0.567. The van der Waals surface area contributed by atoms with Gasteiger partial charge in [-0.3, -0.25) is 14.4 Å². The van der Waals surface area contributed by atoms with Crippen molar-refractivity contribution in [2.75, 3.05) is 37.4 Å². The zero-order chi connectivity index (χ0) is 28.9. The topological polar surface area (TPSA) is 120 Å². The van der Waals surface area contributed by atoms with Crippen LogP contribution in [-0.2, 0) is 9.59 Å². The van der Waals surface area contributed by atoms with Crippen LogP contribution in [0.4, 0.5) is 11.8 Å². The molecule has 1 atom stereocenters. The molecule has 3 amide bonds. The molecule has 0 unspecified atom stereocenters. The number of hydrogen-bond acceptors (Lipinski definition) is 7. The fourth-order valence-corrected chi connectivity index (χ4v) is 4.99. The van der Waals surface area contributed by atoms with Gasteiger partial charge in [-0.25, -0.2) is 4.98 Å². The van der Waals surface area contributed by atoms with Gasteiger partial charge in [-0.2, -0.15) is 4.98 Å². The summed E-state index contributed by atoms with van der Waals surface area (Å²) in [6, 6.07) is 10.3. The van der Waals surface area contributed by atoms with E-state index in [1.54, 1.807) is 35.4 Å². The van der Waals surface area contributed by atoms with Crippen molar-refractivity contribution in [3.63, 3.8) is 0 Å². The van der Waals surface area contributed by atoms with Crippen LogP contribution in [0.5, 0.6) is 0 Å². The van der Waals surface area contributed by atoms with Crippen molar-refractivity contribution >= 4 is 29.5 Å². The Bertz CT molecular complexity index is 1080. The van der Waals surface area contributed by atoms with E-state index in [9.17, 15) is 14.4 Å². The Morgan fingerprint density at radius 3 is 2.23 bits per heavy atom. The predicted molar refractivity (Wildman–Crippen MR) is 158 cm³/mol. The van der Waals surface area contributed by atoms with E-state index in [0.29, 0.717) is 24.6 Å². The Morgan fingerprint density at radius 2 is 1.60 bits per heavy atom. The molecular formula is C30H45N7O3. The smallest absolute Gasteiger partial charge is 0.251 e. The van der Waals surface area contributed by atoms with Crippen LogP contribution >= 0.6 is 0 Å². The normalized spacial score (nSPS) is 17.4. The van der Waals surface area contributed by atoms with Crippen LogP contribution in [-0.4, -0.2) is 77.9 Å². The molecule has 1 aromatic carbocycles. The molecule has 10 heteroatoms. The van der Waals surface area contributed by atoms with Crippen molar-refractivity contribution in [3.8, 4) is 0 Å². The molecule has 1 fully saturated rings. The maximum Gasteiger partial charge on any atom is 0.251 e. The summed E-state index contributed by atoms with van der Waals surface area (Å²) in [6.45, 7) is 5.30. The van der Waals surface area contributed by atoms with E-state index in [-0.39, 0.29) is 42.6 Å². The standard InChI is InChI=1S/C30H45N7O3/c1-5-20-37(21-6-2)29(40)25(34-28(39)22-10-8-7-9-11-22)16-17-27(38)32-23-12-14-24(15-13-23)33-30-31-19-18-26(35-30)36(3)4/h7-11,18-19,23-25H,5-6,12-17,20-21H2,1-4H3,(H,32,38)(H,34,39)(H,31,33,35)/t23?,24?,25-/m0/s1. The fourth-order valence-electron chi connectivity index (χ4n) is 4.99. The number of hydrogen-bond donors (Lipinski definition) is 3. The van der Waals surface area contributed by atoms with Crippen molar-refractivity contribution < 1.29 is 14.4 Å². The summed E-state index contributed by atoms with van der Waals surface area (Å²) in [5.74, 6) is 0.934. The van der Waals surface area contributed by atoms with E-state index in [4.69, 9.17) is 0 Å². The van der Waals surface area contributed by atoms with Gasteiger partial charge in [0, 0.05) is 57.4 Å². The largest absolute Gasteiger partial charge is 0.363 e. The van der Waals surface area contributed by atoms with Gasteiger partial charge in [-0.05, 0) is 63.1 Å². The molecule has 10 nitrogen and oxygen atoms in total. The second kappa shape index (κ2) is 15.8. The Kier molecular flexibility index (Phi) is 12.2. The first-order chi connectivity index (χ1) is 19.3. The lowest BCUT2D eigenvalue weighted by Crippen LogP contribution is -2.49. The molecule has 3 N–H and O–H groups in total.